The molecule has 1 aliphatic heterocycles. The van der Waals surface area contributed by atoms with Crippen LogP contribution in [0, 0.1) is 13.8 Å². The lowest BCUT2D eigenvalue weighted by molar-refractivity contribution is -0.00552. The van der Waals surface area contributed by atoms with Gasteiger partial charge in [-0.3, -0.25) is 0 Å². The lowest BCUT2D eigenvalue weighted by Crippen LogP contribution is -2.46. The van der Waals surface area contributed by atoms with Crippen molar-refractivity contribution in [1.82, 2.24) is 10.2 Å². The predicted octanol–water partition coefficient (Wildman–Crippen LogP) is 0.802. The highest BCUT2D eigenvalue weighted by Crippen LogP contribution is 2.25. The van der Waals surface area contributed by atoms with Crippen LogP contribution in [0.2, 0.25) is 0 Å². The Morgan fingerprint density at radius 2 is 1.90 bits per heavy atom. The third-order valence-electron chi connectivity index (χ3n) is 3.52. The predicted molar refractivity (Wildman–Crippen MR) is 76.2 cm³/mol. The second kappa shape index (κ2) is 5.62. The number of rotatable bonds is 2. The number of morpholine rings is 1. The fraction of sp³-hybridized carbons (Fsp3) is 0.615. The van der Waals surface area contributed by atoms with Gasteiger partial charge in [0.05, 0.1) is 23.5 Å². The van der Waals surface area contributed by atoms with E-state index in [0.717, 1.165) is 11.3 Å². The summed E-state index contributed by atoms with van der Waals surface area (Å²) in [6, 6.07) is 0. The Labute approximate surface area is 118 Å². The van der Waals surface area contributed by atoms with E-state index in [-0.39, 0.29) is 18.0 Å². The fourth-order valence-electron chi connectivity index (χ4n) is 2.52. The molecular formula is C13H21N5O2. The fourth-order valence-corrected chi connectivity index (χ4v) is 2.52. The van der Waals surface area contributed by atoms with E-state index < -0.39 is 0 Å². The third-order valence-corrected chi connectivity index (χ3v) is 3.52. The molecule has 3 N–H and O–H groups in total. The normalized spacial score (nSPS) is 24.0. The van der Waals surface area contributed by atoms with Gasteiger partial charge in [0.15, 0.2) is 11.7 Å². The second-order valence-corrected chi connectivity index (χ2v) is 5.26. The van der Waals surface area contributed by atoms with Crippen LogP contribution < -0.4 is 10.6 Å². The van der Waals surface area contributed by atoms with Gasteiger partial charge in [0.2, 0.25) is 0 Å². The lowest BCUT2D eigenvalue weighted by Gasteiger charge is -2.36. The Morgan fingerprint density at radius 3 is 2.45 bits per heavy atom. The average Bonchev–Trinajstić information content (AvgIpc) is 2.39. The maximum absolute atomic E-state index is 9.00. The maximum Gasteiger partial charge on any atom is 0.174 e. The number of nitrogens with two attached hydrogens (primary N) is 1. The van der Waals surface area contributed by atoms with Gasteiger partial charge in [0.1, 0.15) is 0 Å². The molecule has 110 valence electrons. The molecule has 1 fully saturated rings. The van der Waals surface area contributed by atoms with E-state index in [1.165, 1.54) is 0 Å². The molecule has 1 aromatic rings. The van der Waals surface area contributed by atoms with Crippen molar-refractivity contribution in [3.05, 3.63) is 16.8 Å². The molecule has 2 rings (SSSR count). The van der Waals surface area contributed by atoms with Crippen molar-refractivity contribution in [2.75, 3.05) is 18.0 Å². The zero-order valence-electron chi connectivity index (χ0n) is 12.3. The summed E-state index contributed by atoms with van der Waals surface area (Å²) in [7, 11) is 0. The zero-order valence-corrected chi connectivity index (χ0v) is 12.3. The summed E-state index contributed by atoms with van der Waals surface area (Å²) >= 11 is 0. The summed E-state index contributed by atoms with van der Waals surface area (Å²) in [6.07, 6.45) is 0.199. The molecular weight excluding hydrogens is 258 g/mol. The van der Waals surface area contributed by atoms with Crippen molar-refractivity contribution < 1.29 is 9.94 Å². The van der Waals surface area contributed by atoms with Gasteiger partial charge < -0.3 is 20.6 Å². The molecule has 2 atom stereocenters. The molecule has 0 saturated carbocycles. The molecule has 7 heteroatoms. The van der Waals surface area contributed by atoms with Crippen molar-refractivity contribution in [2.24, 2.45) is 10.9 Å². The molecule has 0 spiro atoms. The molecule has 0 amide bonds. The first-order chi connectivity index (χ1) is 9.43. The van der Waals surface area contributed by atoms with Crippen LogP contribution in [0.5, 0.6) is 0 Å². The number of hydrogen-bond donors (Lipinski definition) is 2. The number of oxime groups is 1. The number of ether oxygens (including phenoxy) is 1. The van der Waals surface area contributed by atoms with Crippen LogP contribution in [0.3, 0.4) is 0 Å². The average molecular weight is 279 g/mol. The van der Waals surface area contributed by atoms with Crippen molar-refractivity contribution in [2.45, 2.75) is 39.9 Å². The Morgan fingerprint density at radius 1 is 1.30 bits per heavy atom. The van der Waals surface area contributed by atoms with E-state index in [0.29, 0.717) is 24.5 Å². The number of aromatic nitrogens is 2. The van der Waals surface area contributed by atoms with Gasteiger partial charge in [0.25, 0.3) is 0 Å². The largest absolute Gasteiger partial charge is 0.409 e. The SMILES string of the molecule is Cc1nnc(N2CC(C)OC(C)C2)c(/C(N)=N/O)c1C. The van der Waals surface area contributed by atoms with Gasteiger partial charge in [-0.15, -0.1) is 5.10 Å². The first kappa shape index (κ1) is 14.5. The summed E-state index contributed by atoms with van der Waals surface area (Å²) < 4.78 is 5.72. The minimum absolute atomic E-state index is 0.0577. The lowest BCUT2D eigenvalue weighted by atomic mass is 10.1. The Hall–Kier alpha value is -1.89. The highest BCUT2D eigenvalue weighted by molar-refractivity contribution is 6.02. The van der Waals surface area contributed by atoms with Gasteiger partial charge in [0, 0.05) is 13.1 Å². The molecule has 0 radical (unpaired) electrons. The van der Waals surface area contributed by atoms with Crippen LogP contribution in [0.4, 0.5) is 5.82 Å². The van der Waals surface area contributed by atoms with Crippen LogP contribution in [-0.2, 0) is 4.74 Å². The van der Waals surface area contributed by atoms with Crippen LogP contribution in [0.15, 0.2) is 5.16 Å². The molecule has 1 aromatic heterocycles. The molecule has 0 aromatic carbocycles. The quantitative estimate of drug-likeness (QED) is 0.360. The molecule has 0 aliphatic carbocycles. The topological polar surface area (TPSA) is 96.9 Å². The highest BCUT2D eigenvalue weighted by Gasteiger charge is 2.27. The number of nitrogens with zero attached hydrogens (tertiary/aromatic N) is 4. The third kappa shape index (κ3) is 2.67. The van der Waals surface area contributed by atoms with E-state index in [2.05, 4.69) is 20.3 Å². The number of hydrogen-bond acceptors (Lipinski definition) is 6. The van der Waals surface area contributed by atoms with E-state index in [1.807, 2.05) is 27.7 Å². The summed E-state index contributed by atoms with van der Waals surface area (Å²) in [5.41, 5.74) is 8.10. The minimum atomic E-state index is 0.0577. The maximum atomic E-state index is 9.00. The van der Waals surface area contributed by atoms with Crippen molar-refractivity contribution in [1.29, 1.82) is 0 Å². The van der Waals surface area contributed by atoms with Gasteiger partial charge in [-0.05, 0) is 33.3 Å². The molecule has 1 aliphatic rings. The van der Waals surface area contributed by atoms with Crippen molar-refractivity contribution in [3.63, 3.8) is 0 Å². The van der Waals surface area contributed by atoms with Crippen LogP contribution >= 0.6 is 0 Å². The Balaban J connectivity index is 2.48. The Kier molecular flexibility index (Phi) is 4.08. The summed E-state index contributed by atoms with van der Waals surface area (Å²) in [5, 5.41) is 20.5. The van der Waals surface area contributed by atoms with Crippen LogP contribution in [-0.4, -0.2) is 46.5 Å². The smallest absolute Gasteiger partial charge is 0.174 e. The highest BCUT2D eigenvalue weighted by atomic mass is 16.5. The molecule has 20 heavy (non-hydrogen) atoms. The van der Waals surface area contributed by atoms with Crippen molar-refractivity contribution >= 4 is 11.7 Å². The van der Waals surface area contributed by atoms with E-state index in [4.69, 9.17) is 15.7 Å². The first-order valence-electron chi connectivity index (χ1n) is 6.66. The molecule has 2 heterocycles. The van der Waals surface area contributed by atoms with Crippen LogP contribution in [0.25, 0.3) is 0 Å². The summed E-state index contributed by atoms with van der Waals surface area (Å²) in [6.45, 7) is 9.18. The standard InChI is InChI=1S/C13H21N5O2/c1-7-5-18(6-8(2)20-7)13-11(12(14)17-19)9(3)10(4)15-16-13/h7-8,19H,5-6H2,1-4H3,(H2,14,17). The molecule has 2 unspecified atom stereocenters. The molecule has 0 bridgehead atoms. The zero-order chi connectivity index (χ0) is 14.9. The number of anilines is 1. The van der Waals surface area contributed by atoms with Crippen LogP contribution in [0.1, 0.15) is 30.7 Å². The van der Waals surface area contributed by atoms with E-state index in [1.54, 1.807) is 0 Å². The number of amidine groups is 1. The first-order valence-corrected chi connectivity index (χ1v) is 6.66. The molecule has 1 saturated heterocycles. The van der Waals surface area contributed by atoms with Gasteiger partial charge in [-0.25, -0.2) is 0 Å². The van der Waals surface area contributed by atoms with Crippen molar-refractivity contribution in [3.8, 4) is 0 Å². The van der Waals surface area contributed by atoms with Gasteiger partial charge >= 0.3 is 0 Å². The Bertz CT molecular complexity index is 522. The van der Waals surface area contributed by atoms with Gasteiger partial charge in [-0.1, -0.05) is 5.16 Å². The second-order valence-electron chi connectivity index (χ2n) is 5.26. The monoisotopic (exact) mass is 279 g/mol. The minimum Gasteiger partial charge on any atom is -0.409 e. The van der Waals surface area contributed by atoms with E-state index >= 15 is 0 Å². The number of aryl methyl sites for hydroxylation is 1. The summed E-state index contributed by atoms with van der Waals surface area (Å²) in [4.78, 5) is 2.08. The van der Waals surface area contributed by atoms with Gasteiger partial charge in [-0.2, -0.15) is 5.10 Å². The van der Waals surface area contributed by atoms with E-state index in [9.17, 15) is 0 Å². The molecule has 7 nitrogen and oxygen atoms in total. The summed E-state index contributed by atoms with van der Waals surface area (Å²) in [5.74, 6) is 0.702.